The third kappa shape index (κ3) is 2.22. The van der Waals surface area contributed by atoms with E-state index in [0.717, 1.165) is 11.4 Å². The van der Waals surface area contributed by atoms with Crippen LogP contribution in [0.3, 0.4) is 0 Å². The zero-order valence-electron chi connectivity index (χ0n) is 12.5. The predicted molar refractivity (Wildman–Crippen MR) is 88.0 cm³/mol. The fraction of sp³-hybridized carbons (Fsp3) is 0.176. The van der Waals surface area contributed by atoms with E-state index in [2.05, 4.69) is 23.0 Å². The largest absolute Gasteiger partial charge is 0.427 e. The molecule has 0 radical (unpaired) electrons. The fourth-order valence-electron chi connectivity index (χ4n) is 2.78. The van der Waals surface area contributed by atoms with E-state index in [1.165, 1.54) is 11.0 Å². The molecular weight excluding hydrogens is 273 g/mol. The SMILES string of the molecule is [C-]#[N+]c1cccc(N(C)c2ccc3c(c2)COB3C)c1C#N. The van der Waals surface area contributed by atoms with Crippen molar-refractivity contribution in [1.29, 1.82) is 5.26 Å². The van der Waals surface area contributed by atoms with Crippen LogP contribution >= 0.6 is 0 Å². The molecule has 0 saturated carbocycles. The lowest BCUT2D eigenvalue weighted by Crippen LogP contribution is -2.24. The van der Waals surface area contributed by atoms with E-state index in [0.29, 0.717) is 17.9 Å². The molecule has 0 unspecified atom stereocenters. The molecule has 0 bridgehead atoms. The molecule has 1 aliphatic rings. The van der Waals surface area contributed by atoms with Crippen molar-refractivity contribution in [2.45, 2.75) is 13.4 Å². The molecule has 22 heavy (non-hydrogen) atoms. The molecule has 0 aliphatic carbocycles. The first kappa shape index (κ1) is 14.2. The van der Waals surface area contributed by atoms with Gasteiger partial charge in [-0.3, -0.25) is 0 Å². The van der Waals surface area contributed by atoms with Gasteiger partial charge in [0.1, 0.15) is 0 Å². The van der Waals surface area contributed by atoms with Gasteiger partial charge in [-0.1, -0.05) is 25.0 Å². The van der Waals surface area contributed by atoms with Gasteiger partial charge in [0.05, 0.1) is 24.8 Å². The van der Waals surface area contributed by atoms with Gasteiger partial charge in [-0.25, -0.2) is 4.85 Å². The lowest BCUT2D eigenvalue weighted by molar-refractivity contribution is 0.333. The van der Waals surface area contributed by atoms with E-state index in [-0.39, 0.29) is 6.92 Å². The van der Waals surface area contributed by atoms with Crippen molar-refractivity contribution in [3.63, 3.8) is 0 Å². The van der Waals surface area contributed by atoms with Crippen molar-refractivity contribution in [3.8, 4) is 6.07 Å². The number of nitrogens with zero attached hydrogens (tertiary/aromatic N) is 3. The number of hydrogen-bond donors (Lipinski definition) is 0. The first-order valence-electron chi connectivity index (χ1n) is 7.04. The Hall–Kier alpha value is -2.76. The summed E-state index contributed by atoms with van der Waals surface area (Å²) in [6.45, 7) is 9.99. The average Bonchev–Trinajstić information content (AvgIpc) is 2.93. The van der Waals surface area contributed by atoms with Gasteiger partial charge < -0.3 is 9.55 Å². The zero-order chi connectivity index (χ0) is 15.7. The first-order chi connectivity index (χ1) is 10.7. The Bertz CT molecular complexity index is 820. The molecule has 3 rings (SSSR count). The lowest BCUT2D eigenvalue weighted by Gasteiger charge is -2.22. The lowest BCUT2D eigenvalue weighted by atomic mass is 9.64. The molecule has 0 saturated heterocycles. The first-order valence-corrected chi connectivity index (χ1v) is 7.04. The number of anilines is 2. The number of hydrogen-bond acceptors (Lipinski definition) is 3. The van der Waals surface area contributed by atoms with Crippen molar-refractivity contribution < 1.29 is 4.65 Å². The Morgan fingerprint density at radius 1 is 1.36 bits per heavy atom. The molecule has 5 heteroatoms. The van der Waals surface area contributed by atoms with Gasteiger partial charge in [-0.2, -0.15) is 5.26 Å². The summed E-state index contributed by atoms with van der Waals surface area (Å²) in [6.07, 6.45) is 0. The Kier molecular flexibility index (Phi) is 3.59. The van der Waals surface area contributed by atoms with Crippen LogP contribution in [0.2, 0.25) is 6.82 Å². The normalized spacial score (nSPS) is 12.5. The van der Waals surface area contributed by atoms with Crippen molar-refractivity contribution in [2.24, 2.45) is 0 Å². The van der Waals surface area contributed by atoms with Gasteiger partial charge in [0.25, 0.3) is 0 Å². The van der Waals surface area contributed by atoms with E-state index in [4.69, 9.17) is 11.2 Å². The van der Waals surface area contributed by atoms with Crippen LogP contribution < -0.4 is 10.4 Å². The molecule has 0 aromatic heterocycles. The van der Waals surface area contributed by atoms with Crippen molar-refractivity contribution in [2.75, 3.05) is 11.9 Å². The summed E-state index contributed by atoms with van der Waals surface area (Å²) in [4.78, 5) is 5.37. The monoisotopic (exact) mass is 287 g/mol. The highest BCUT2D eigenvalue weighted by Gasteiger charge is 2.24. The van der Waals surface area contributed by atoms with E-state index in [1.54, 1.807) is 12.1 Å². The average molecular weight is 287 g/mol. The highest BCUT2D eigenvalue weighted by molar-refractivity contribution is 6.67. The molecule has 2 aromatic carbocycles. The zero-order valence-corrected chi connectivity index (χ0v) is 12.5. The van der Waals surface area contributed by atoms with Crippen molar-refractivity contribution in [1.82, 2.24) is 0 Å². The molecule has 0 N–H and O–H groups in total. The van der Waals surface area contributed by atoms with Crippen molar-refractivity contribution >= 4 is 29.4 Å². The van der Waals surface area contributed by atoms with Crippen LogP contribution in [-0.4, -0.2) is 14.0 Å². The maximum absolute atomic E-state index is 9.38. The summed E-state index contributed by atoms with van der Waals surface area (Å²) in [5.74, 6) is 0. The molecule has 0 atom stereocenters. The van der Waals surface area contributed by atoms with Gasteiger partial charge in [0.15, 0.2) is 0 Å². The van der Waals surface area contributed by atoms with Crippen LogP contribution in [0.4, 0.5) is 17.1 Å². The maximum atomic E-state index is 9.38. The number of benzene rings is 2. The number of rotatable bonds is 2. The predicted octanol–water partition coefficient (Wildman–Crippen LogP) is 3.24. The summed E-state index contributed by atoms with van der Waals surface area (Å²) in [5.41, 5.74) is 4.90. The molecular formula is C17H14BN3O. The minimum atomic E-state index is 0.134. The summed E-state index contributed by atoms with van der Waals surface area (Å²) in [7, 11) is 1.91. The van der Waals surface area contributed by atoms with Crippen LogP contribution in [0.1, 0.15) is 11.1 Å². The summed E-state index contributed by atoms with van der Waals surface area (Å²) >= 11 is 0. The van der Waals surface area contributed by atoms with Crippen LogP contribution in [0.5, 0.6) is 0 Å². The van der Waals surface area contributed by atoms with E-state index < -0.39 is 0 Å². The minimum absolute atomic E-state index is 0.134. The highest BCUT2D eigenvalue weighted by atomic mass is 16.4. The quantitative estimate of drug-likeness (QED) is 0.629. The topological polar surface area (TPSA) is 40.6 Å². The van der Waals surface area contributed by atoms with Gasteiger partial charge in [0, 0.05) is 18.4 Å². The Morgan fingerprint density at radius 3 is 2.91 bits per heavy atom. The van der Waals surface area contributed by atoms with Gasteiger partial charge in [-0.05, 0) is 29.2 Å². The molecule has 0 fully saturated rings. The second-order valence-electron chi connectivity index (χ2n) is 5.29. The Balaban J connectivity index is 2.04. The third-order valence-corrected chi connectivity index (χ3v) is 4.05. The summed E-state index contributed by atoms with van der Waals surface area (Å²) < 4.78 is 5.63. The summed E-state index contributed by atoms with van der Waals surface area (Å²) in [5, 5.41) is 9.38. The minimum Gasteiger partial charge on any atom is -0.427 e. The molecule has 2 aromatic rings. The molecule has 1 heterocycles. The molecule has 1 aliphatic heterocycles. The van der Waals surface area contributed by atoms with E-state index in [1.807, 2.05) is 30.9 Å². The highest BCUT2D eigenvalue weighted by Crippen LogP contribution is 2.33. The molecule has 0 amide bonds. The maximum Gasteiger partial charge on any atom is 0.324 e. The third-order valence-electron chi connectivity index (χ3n) is 4.05. The van der Waals surface area contributed by atoms with E-state index in [9.17, 15) is 5.26 Å². The second kappa shape index (κ2) is 5.56. The van der Waals surface area contributed by atoms with Gasteiger partial charge >= 0.3 is 6.92 Å². The standard InChI is InChI=1S/C17H14BN3O/c1-18-15-8-7-13(9-12(15)11-22-18)21(3)17-6-4-5-16(20-2)14(17)10-19/h4-9H,11H2,1,3H3. The molecule has 0 spiro atoms. The number of nitriles is 1. The van der Waals surface area contributed by atoms with Crippen molar-refractivity contribution in [3.05, 3.63) is 58.9 Å². The Morgan fingerprint density at radius 2 is 2.18 bits per heavy atom. The Labute approximate surface area is 130 Å². The number of fused-ring (bicyclic) bond motifs is 1. The van der Waals surface area contributed by atoms with Crippen LogP contribution in [-0.2, 0) is 11.3 Å². The van der Waals surface area contributed by atoms with Crippen LogP contribution in [0.25, 0.3) is 4.85 Å². The van der Waals surface area contributed by atoms with Crippen LogP contribution in [0, 0.1) is 17.9 Å². The van der Waals surface area contributed by atoms with Crippen LogP contribution in [0.15, 0.2) is 36.4 Å². The molecule has 4 nitrogen and oxygen atoms in total. The van der Waals surface area contributed by atoms with E-state index >= 15 is 0 Å². The van der Waals surface area contributed by atoms with Gasteiger partial charge in [-0.15, -0.1) is 0 Å². The smallest absolute Gasteiger partial charge is 0.324 e. The van der Waals surface area contributed by atoms with Gasteiger partial charge in [0.2, 0.25) is 5.69 Å². The fourth-order valence-corrected chi connectivity index (χ4v) is 2.78. The second-order valence-corrected chi connectivity index (χ2v) is 5.29. The molecule has 106 valence electrons. The summed E-state index contributed by atoms with van der Waals surface area (Å²) in [6, 6.07) is 13.7.